The number of hydrogen-bond acceptors (Lipinski definition) is 2. The van der Waals surface area contributed by atoms with Crippen molar-refractivity contribution in [3.05, 3.63) is 88.2 Å². The maximum atomic E-state index is 13.5. The van der Waals surface area contributed by atoms with Gasteiger partial charge in [0.15, 0.2) is 0 Å². The molecule has 1 aromatic heterocycles. The number of rotatable bonds is 10. The summed E-state index contributed by atoms with van der Waals surface area (Å²) in [7, 11) is 2.24. The quantitative estimate of drug-likeness (QED) is 0.300. The van der Waals surface area contributed by atoms with E-state index in [1.165, 1.54) is 48.8 Å². The maximum absolute atomic E-state index is 13.5. The summed E-state index contributed by atoms with van der Waals surface area (Å²) in [5.41, 5.74) is 5.54. The Morgan fingerprint density at radius 3 is 2.49 bits per heavy atom. The van der Waals surface area contributed by atoms with Crippen LogP contribution >= 0.6 is 11.6 Å². The second kappa shape index (κ2) is 13.2. The molecule has 0 unspecified atom stereocenters. The number of hydrogen-bond donors (Lipinski definition) is 1. The number of halogens is 1. The number of urea groups is 1. The Hall–Kier alpha value is -2.76. The third-order valence-electron chi connectivity index (χ3n) is 7.72. The zero-order valence-corrected chi connectivity index (χ0v) is 23.3. The van der Waals surface area contributed by atoms with Gasteiger partial charge in [0.05, 0.1) is 6.54 Å². The molecule has 2 amide bonds. The first-order chi connectivity index (χ1) is 17.9. The minimum atomic E-state index is -0.0529. The van der Waals surface area contributed by atoms with Gasteiger partial charge in [0.2, 0.25) is 0 Å². The van der Waals surface area contributed by atoms with Crippen LogP contribution in [0.3, 0.4) is 0 Å². The molecule has 1 N–H and O–H groups in total. The van der Waals surface area contributed by atoms with Crippen molar-refractivity contribution in [2.75, 3.05) is 25.5 Å². The average molecular weight is 521 g/mol. The number of aryl methyl sites for hydroxylation is 2. The van der Waals surface area contributed by atoms with Crippen LogP contribution in [0.5, 0.6) is 0 Å². The largest absolute Gasteiger partial charge is 0.345 e. The third kappa shape index (κ3) is 7.86. The topological polar surface area (TPSA) is 40.5 Å². The Morgan fingerprint density at radius 1 is 1.00 bits per heavy atom. The first-order valence-electron chi connectivity index (χ1n) is 13.6. The molecular weight excluding hydrogens is 480 g/mol. The first-order valence-corrected chi connectivity index (χ1v) is 14.0. The van der Waals surface area contributed by atoms with Crippen molar-refractivity contribution in [2.45, 2.75) is 71.5 Å². The highest BCUT2D eigenvalue weighted by Gasteiger charge is 2.20. The Morgan fingerprint density at radius 2 is 1.76 bits per heavy atom. The van der Waals surface area contributed by atoms with E-state index in [0.29, 0.717) is 19.1 Å². The fourth-order valence-electron chi connectivity index (χ4n) is 5.22. The number of amides is 2. The lowest BCUT2D eigenvalue weighted by atomic mass is 9.94. The molecule has 0 aliphatic heterocycles. The highest BCUT2D eigenvalue weighted by Crippen LogP contribution is 2.22. The second-order valence-electron chi connectivity index (χ2n) is 10.5. The van der Waals surface area contributed by atoms with Crippen LogP contribution in [-0.4, -0.2) is 46.6 Å². The van der Waals surface area contributed by atoms with E-state index in [0.717, 1.165) is 35.9 Å². The minimum Gasteiger partial charge on any atom is -0.345 e. The zero-order chi connectivity index (χ0) is 26.2. The molecule has 37 heavy (non-hydrogen) atoms. The average Bonchev–Trinajstić information content (AvgIpc) is 3.33. The number of benzene rings is 2. The van der Waals surface area contributed by atoms with Gasteiger partial charge < -0.3 is 19.7 Å². The van der Waals surface area contributed by atoms with Crippen LogP contribution in [0.2, 0.25) is 5.02 Å². The monoisotopic (exact) mass is 520 g/mol. The van der Waals surface area contributed by atoms with Gasteiger partial charge in [-0.25, -0.2) is 4.79 Å². The summed E-state index contributed by atoms with van der Waals surface area (Å²) >= 11 is 6.07. The van der Waals surface area contributed by atoms with Gasteiger partial charge in [-0.15, -0.1) is 0 Å². The second-order valence-corrected chi connectivity index (χ2v) is 11.0. The summed E-state index contributed by atoms with van der Waals surface area (Å²) in [6.45, 7) is 7.18. The Balaban J connectivity index is 1.44. The lowest BCUT2D eigenvalue weighted by Crippen LogP contribution is -2.39. The number of nitrogens with one attached hydrogen (secondary N) is 1. The van der Waals surface area contributed by atoms with E-state index in [9.17, 15) is 4.79 Å². The van der Waals surface area contributed by atoms with Gasteiger partial charge in [-0.2, -0.15) is 0 Å². The number of anilines is 1. The Kier molecular flexibility index (Phi) is 9.70. The molecule has 0 saturated heterocycles. The molecule has 198 valence electrons. The molecule has 1 saturated carbocycles. The molecule has 0 bridgehead atoms. The molecule has 0 atom stereocenters. The predicted molar refractivity (Wildman–Crippen MR) is 154 cm³/mol. The van der Waals surface area contributed by atoms with Gasteiger partial charge in [0.25, 0.3) is 0 Å². The molecule has 6 heteroatoms. The van der Waals surface area contributed by atoms with E-state index in [4.69, 9.17) is 11.6 Å². The zero-order valence-electron chi connectivity index (χ0n) is 22.5. The van der Waals surface area contributed by atoms with Crippen LogP contribution in [0.15, 0.2) is 60.8 Å². The summed E-state index contributed by atoms with van der Waals surface area (Å²) < 4.78 is 2.22. The number of carbonyl (C=O) groups is 1. The Labute approximate surface area is 227 Å². The highest BCUT2D eigenvalue weighted by molar-refractivity contribution is 6.30. The molecule has 3 aromatic rings. The summed E-state index contributed by atoms with van der Waals surface area (Å²) in [5, 5.41) is 3.89. The van der Waals surface area contributed by atoms with Crippen LogP contribution in [0, 0.1) is 13.8 Å². The fourth-order valence-corrected chi connectivity index (χ4v) is 5.34. The van der Waals surface area contributed by atoms with E-state index in [-0.39, 0.29) is 6.03 Å². The van der Waals surface area contributed by atoms with E-state index in [2.05, 4.69) is 72.2 Å². The van der Waals surface area contributed by atoms with Crippen LogP contribution in [0.25, 0.3) is 0 Å². The Bertz CT molecular complexity index is 1150. The number of carbonyl (C=O) groups excluding carboxylic acids is 1. The van der Waals surface area contributed by atoms with Gasteiger partial charge >= 0.3 is 6.03 Å². The molecule has 1 heterocycles. The molecule has 0 radical (unpaired) electrons. The van der Waals surface area contributed by atoms with Crippen LogP contribution in [0.1, 0.15) is 60.9 Å². The van der Waals surface area contributed by atoms with E-state index < -0.39 is 0 Å². The number of aromatic nitrogens is 1. The van der Waals surface area contributed by atoms with Crippen molar-refractivity contribution in [1.29, 1.82) is 0 Å². The molecule has 5 nitrogen and oxygen atoms in total. The van der Waals surface area contributed by atoms with E-state index in [1.54, 1.807) is 0 Å². The predicted octanol–water partition coefficient (Wildman–Crippen LogP) is 7.50. The lowest BCUT2D eigenvalue weighted by Gasteiger charge is -2.32. The van der Waals surface area contributed by atoms with E-state index in [1.807, 2.05) is 29.2 Å². The van der Waals surface area contributed by atoms with Crippen LogP contribution in [-0.2, 0) is 13.1 Å². The van der Waals surface area contributed by atoms with Crippen molar-refractivity contribution >= 4 is 23.3 Å². The smallest absolute Gasteiger partial charge is 0.322 e. The summed E-state index contributed by atoms with van der Waals surface area (Å²) in [4.78, 5) is 18.0. The fraction of sp³-hybridized carbons (Fsp3) is 0.452. The van der Waals surface area contributed by atoms with Gasteiger partial charge in [-0.3, -0.25) is 0 Å². The summed E-state index contributed by atoms with van der Waals surface area (Å²) in [5.74, 6) is 0. The summed E-state index contributed by atoms with van der Waals surface area (Å²) in [6.07, 6.45) is 9.67. The lowest BCUT2D eigenvalue weighted by molar-refractivity contribution is 0.175. The van der Waals surface area contributed by atoms with Gasteiger partial charge in [-0.1, -0.05) is 49.1 Å². The highest BCUT2D eigenvalue weighted by atomic mass is 35.5. The van der Waals surface area contributed by atoms with Crippen LogP contribution in [0.4, 0.5) is 10.5 Å². The van der Waals surface area contributed by atoms with Crippen LogP contribution < -0.4 is 5.32 Å². The molecule has 4 rings (SSSR count). The molecule has 1 fully saturated rings. The van der Waals surface area contributed by atoms with Crippen molar-refractivity contribution in [3.8, 4) is 0 Å². The maximum Gasteiger partial charge on any atom is 0.322 e. The van der Waals surface area contributed by atoms with Crippen molar-refractivity contribution in [2.24, 2.45) is 0 Å². The van der Waals surface area contributed by atoms with Crippen molar-refractivity contribution in [1.82, 2.24) is 14.4 Å². The van der Waals surface area contributed by atoms with Crippen molar-refractivity contribution < 1.29 is 4.79 Å². The van der Waals surface area contributed by atoms with Gasteiger partial charge in [0, 0.05) is 41.7 Å². The molecular formula is C31H41ClN4O. The van der Waals surface area contributed by atoms with Gasteiger partial charge in [0.1, 0.15) is 0 Å². The third-order valence-corrected chi connectivity index (χ3v) is 7.98. The normalized spacial score (nSPS) is 14.2. The van der Waals surface area contributed by atoms with E-state index >= 15 is 0 Å². The van der Waals surface area contributed by atoms with Crippen molar-refractivity contribution in [3.63, 3.8) is 0 Å². The van der Waals surface area contributed by atoms with Gasteiger partial charge in [-0.05, 0) is 99.8 Å². The number of nitrogens with zero attached hydrogens (tertiary/aromatic N) is 3. The first kappa shape index (κ1) is 27.3. The molecule has 1 aliphatic carbocycles. The standard InChI is InChI=1S/C31H41ClN4O/c1-24-12-17-28(21-25(24)2)33-31(37)36(20-8-18-34(3)29-9-5-4-6-10-29)23-30-11-7-19-35(30)22-26-13-15-27(32)16-14-26/h7,11-17,19,21,29H,4-6,8-10,18,20,22-23H2,1-3H3,(H,33,37). The molecule has 2 aromatic carbocycles. The minimum absolute atomic E-state index is 0.0529. The molecule has 0 spiro atoms. The summed E-state index contributed by atoms with van der Waals surface area (Å²) in [6, 6.07) is 18.8. The SMILES string of the molecule is Cc1ccc(NC(=O)N(CCCN(C)C2CCCCC2)Cc2cccn2Cc2ccc(Cl)cc2)cc1C. The molecule has 1 aliphatic rings.